The van der Waals surface area contributed by atoms with E-state index in [1.807, 2.05) is 0 Å². The number of phenols is 2. The van der Waals surface area contributed by atoms with Gasteiger partial charge in [0.2, 0.25) is 0 Å². The Bertz CT molecular complexity index is 820. The van der Waals surface area contributed by atoms with E-state index in [9.17, 15) is 15.0 Å². The molecule has 10 heteroatoms. The Morgan fingerprint density at radius 3 is 2.64 bits per heavy atom. The van der Waals surface area contributed by atoms with Gasteiger partial charge in [-0.05, 0) is 6.07 Å². The highest BCUT2D eigenvalue weighted by Gasteiger charge is 2.13. The van der Waals surface area contributed by atoms with E-state index >= 15 is 0 Å². The molecule has 1 aromatic heterocycles. The lowest BCUT2D eigenvalue weighted by Crippen LogP contribution is -2.20. The van der Waals surface area contributed by atoms with Gasteiger partial charge >= 0.3 is 0 Å². The average Bonchev–Trinajstić information content (AvgIpc) is 2.50. The molecule has 0 saturated carbocycles. The summed E-state index contributed by atoms with van der Waals surface area (Å²) in [5.41, 5.74) is 2.38. The van der Waals surface area contributed by atoms with Crippen molar-refractivity contribution in [3.05, 3.63) is 43.2 Å². The largest absolute Gasteiger partial charge is 0.506 e. The number of anilines is 1. The molecule has 0 unspecified atom stereocenters. The van der Waals surface area contributed by atoms with Crippen LogP contribution in [0.4, 0.5) is 5.69 Å². The Balaban J connectivity index is 2.28. The van der Waals surface area contributed by atoms with Gasteiger partial charge in [0.25, 0.3) is 5.56 Å². The Morgan fingerprint density at radius 1 is 1.27 bits per heavy atom. The first kappa shape index (κ1) is 16.4. The monoisotopic (exact) mass is 362 g/mol. The topological polar surface area (TPSA) is 99.7 Å². The van der Waals surface area contributed by atoms with E-state index in [0.717, 1.165) is 4.68 Å². The molecule has 0 atom stereocenters. The predicted molar refractivity (Wildman–Crippen MR) is 85.5 cm³/mol. The van der Waals surface area contributed by atoms with Crippen molar-refractivity contribution in [2.75, 3.05) is 5.43 Å². The van der Waals surface area contributed by atoms with Crippen LogP contribution in [0.25, 0.3) is 0 Å². The number of halogens is 3. The number of nitrogens with one attached hydrogen (secondary N) is 1. The van der Waals surface area contributed by atoms with Crippen molar-refractivity contribution in [3.63, 3.8) is 0 Å². The summed E-state index contributed by atoms with van der Waals surface area (Å²) in [6, 6.07) is 1.27. The van der Waals surface area contributed by atoms with Gasteiger partial charge in [0, 0.05) is 12.6 Å². The van der Waals surface area contributed by atoms with Crippen molar-refractivity contribution in [2.45, 2.75) is 0 Å². The van der Waals surface area contributed by atoms with E-state index in [2.05, 4.69) is 15.6 Å². The molecule has 7 nitrogen and oxygen atoms in total. The maximum atomic E-state index is 11.6. The molecule has 1 aromatic carbocycles. The van der Waals surface area contributed by atoms with Gasteiger partial charge < -0.3 is 10.2 Å². The van der Waals surface area contributed by atoms with E-state index in [0.29, 0.717) is 0 Å². The zero-order valence-corrected chi connectivity index (χ0v) is 13.3. The summed E-state index contributed by atoms with van der Waals surface area (Å²) in [5.74, 6) is -0.813. The molecule has 0 fully saturated rings. The second-order valence-electron chi connectivity index (χ2n) is 4.13. The number of aromatic nitrogens is 2. The highest BCUT2D eigenvalue weighted by molar-refractivity contribution is 6.38. The van der Waals surface area contributed by atoms with Crippen molar-refractivity contribution >= 4 is 46.7 Å². The van der Waals surface area contributed by atoms with Crippen LogP contribution in [-0.2, 0) is 7.05 Å². The van der Waals surface area contributed by atoms with Crippen molar-refractivity contribution < 1.29 is 10.2 Å². The highest BCUT2D eigenvalue weighted by Crippen LogP contribution is 2.40. The third-order valence-corrected chi connectivity index (χ3v) is 3.68. The van der Waals surface area contributed by atoms with Crippen LogP contribution in [0.5, 0.6) is 11.5 Å². The maximum absolute atomic E-state index is 11.6. The van der Waals surface area contributed by atoms with Gasteiger partial charge in [-0.1, -0.05) is 34.8 Å². The van der Waals surface area contributed by atoms with E-state index < -0.39 is 11.3 Å². The number of hydrazone groups is 1. The standard InChI is InChI=1S/C12H9Cl3N4O3/c1-19-12(22)8(14)7(4-17-19)18-16-3-5-2-6(13)11(21)9(15)10(5)20/h2-4,18,20-21H,1H3/b16-3-. The van der Waals surface area contributed by atoms with Gasteiger partial charge in [-0.15, -0.1) is 0 Å². The molecule has 0 saturated heterocycles. The Kier molecular flexibility index (Phi) is 4.80. The molecular weight excluding hydrogens is 355 g/mol. The fourth-order valence-corrected chi connectivity index (χ4v) is 2.16. The normalized spacial score (nSPS) is 11.1. The van der Waals surface area contributed by atoms with E-state index in [1.165, 1.54) is 25.5 Å². The number of rotatable bonds is 3. The summed E-state index contributed by atoms with van der Waals surface area (Å²) < 4.78 is 1.07. The molecular formula is C12H9Cl3N4O3. The lowest BCUT2D eigenvalue weighted by Gasteiger charge is -2.06. The number of hydrogen-bond acceptors (Lipinski definition) is 6. The Labute approximate surface area is 139 Å². The first-order chi connectivity index (χ1) is 10.3. The fraction of sp³-hybridized carbons (Fsp3) is 0.0833. The molecule has 1 heterocycles. The number of benzene rings is 1. The summed E-state index contributed by atoms with van der Waals surface area (Å²) >= 11 is 17.3. The number of aromatic hydroxyl groups is 2. The molecule has 3 N–H and O–H groups in total. The van der Waals surface area contributed by atoms with Crippen LogP contribution in [0.15, 0.2) is 22.2 Å². The van der Waals surface area contributed by atoms with Gasteiger partial charge in [-0.3, -0.25) is 10.2 Å². The van der Waals surface area contributed by atoms with Crippen LogP contribution in [0, 0.1) is 0 Å². The first-order valence-corrected chi connectivity index (χ1v) is 6.87. The minimum atomic E-state index is -0.486. The molecule has 0 aliphatic rings. The van der Waals surface area contributed by atoms with Crippen LogP contribution >= 0.6 is 34.8 Å². The predicted octanol–water partition coefficient (Wildman–Crippen LogP) is 2.60. The first-order valence-electron chi connectivity index (χ1n) is 5.73. The molecule has 0 spiro atoms. The van der Waals surface area contributed by atoms with Crippen LogP contribution in [-0.4, -0.2) is 26.2 Å². The van der Waals surface area contributed by atoms with Gasteiger partial charge in [0.1, 0.15) is 21.5 Å². The van der Waals surface area contributed by atoms with E-state index in [1.54, 1.807) is 0 Å². The van der Waals surface area contributed by atoms with Gasteiger partial charge in [-0.25, -0.2) is 4.68 Å². The third-order valence-electron chi connectivity index (χ3n) is 2.66. The smallest absolute Gasteiger partial charge is 0.287 e. The van der Waals surface area contributed by atoms with Crippen LogP contribution in [0.3, 0.4) is 0 Å². The van der Waals surface area contributed by atoms with Crippen molar-refractivity contribution in [2.24, 2.45) is 12.1 Å². The van der Waals surface area contributed by atoms with Crippen LogP contribution in [0.1, 0.15) is 5.56 Å². The Morgan fingerprint density at radius 2 is 1.95 bits per heavy atom. The average molecular weight is 364 g/mol. The van der Waals surface area contributed by atoms with Crippen molar-refractivity contribution in [1.82, 2.24) is 9.78 Å². The third kappa shape index (κ3) is 3.11. The molecule has 0 bridgehead atoms. The number of hydrogen-bond donors (Lipinski definition) is 3. The lowest BCUT2D eigenvalue weighted by molar-refractivity contribution is 0.450. The van der Waals surface area contributed by atoms with E-state index in [-0.39, 0.29) is 32.1 Å². The summed E-state index contributed by atoms with van der Waals surface area (Å²) in [5, 5.41) is 26.4. The second kappa shape index (κ2) is 6.43. The summed E-state index contributed by atoms with van der Waals surface area (Å²) in [6.07, 6.45) is 2.51. The van der Waals surface area contributed by atoms with Crippen LogP contribution < -0.4 is 11.0 Å². The Hall–Kier alpha value is -1.96. The maximum Gasteiger partial charge on any atom is 0.287 e. The van der Waals surface area contributed by atoms with Gasteiger partial charge in [0.15, 0.2) is 5.75 Å². The summed E-state index contributed by atoms with van der Waals surface area (Å²) in [7, 11) is 1.46. The van der Waals surface area contributed by atoms with E-state index in [4.69, 9.17) is 34.8 Å². The molecule has 116 valence electrons. The summed E-state index contributed by atoms with van der Waals surface area (Å²) in [6.45, 7) is 0. The highest BCUT2D eigenvalue weighted by atomic mass is 35.5. The molecule has 0 aliphatic heterocycles. The molecule has 22 heavy (non-hydrogen) atoms. The molecule has 0 amide bonds. The minimum Gasteiger partial charge on any atom is -0.506 e. The molecule has 0 aliphatic carbocycles. The second-order valence-corrected chi connectivity index (χ2v) is 5.29. The van der Waals surface area contributed by atoms with Crippen molar-refractivity contribution in [3.8, 4) is 11.5 Å². The van der Waals surface area contributed by atoms with Crippen molar-refractivity contribution in [1.29, 1.82) is 0 Å². The van der Waals surface area contributed by atoms with Gasteiger partial charge in [0.05, 0.1) is 17.4 Å². The molecule has 2 rings (SSSR count). The number of phenolic OH excluding ortho intramolecular Hbond substituents is 2. The minimum absolute atomic E-state index is 0.0440. The fourth-order valence-electron chi connectivity index (χ4n) is 1.48. The summed E-state index contributed by atoms with van der Waals surface area (Å²) in [4.78, 5) is 11.6. The lowest BCUT2D eigenvalue weighted by atomic mass is 10.2. The molecule has 2 aromatic rings. The SMILES string of the molecule is Cn1ncc(N/N=C\c2cc(Cl)c(O)c(Cl)c2O)c(Cl)c1=O. The molecule has 0 radical (unpaired) electrons. The zero-order valence-electron chi connectivity index (χ0n) is 11.0. The quantitative estimate of drug-likeness (QED) is 0.575. The number of nitrogens with zero attached hydrogens (tertiary/aromatic N) is 3. The van der Waals surface area contributed by atoms with Crippen LogP contribution in [0.2, 0.25) is 15.1 Å². The zero-order chi connectivity index (χ0) is 16.4. The number of aryl methyl sites for hydroxylation is 1. The van der Waals surface area contributed by atoms with Gasteiger partial charge in [-0.2, -0.15) is 10.2 Å².